The summed E-state index contributed by atoms with van der Waals surface area (Å²) in [5.74, 6) is 1.04. The van der Waals surface area contributed by atoms with Gasteiger partial charge in [-0.3, -0.25) is 0 Å². The molecule has 0 radical (unpaired) electrons. The molecule has 3 nitrogen and oxygen atoms in total. The van der Waals surface area contributed by atoms with E-state index in [0.29, 0.717) is 16.8 Å². The molecule has 0 amide bonds. The Morgan fingerprint density at radius 1 is 1.22 bits per heavy atom. The molecular weight excluding hydrogens is 248 g/mol. The van der Waals surface area contributed by atoms with E-state index in [1.54, 1.807) is 0 Å². The first kappa shape index (κ1) is 13.0. The number of nitrogen functional groups attached to an aromatic ring is 1. The van der Waals surface area contributed by atoms with E-state index in [1.165, 1.54) is 0 Å². The highest BCUT2D eigenvalue weighted by atomic mass is 35.5. The molecule has 1 aromatic heterocycles. The molecule has 2 rings (SSSR count). The molecule has 0 bridgehead atoms. The average molecular weight is 265 g/mol. The summed E-state index contributed by atoms with van der Waals surface area (Å²) in [6.07, 6.45) is 0. The molecule has 2 aromatic rings. The predicted octanol–water partition coefficient (Wildman–Crippen LogP) is 4.34. The van der Waals surface area contributed by atoms with Crippen molar-refractivity contribution in [2.24, 2.45) is 5.92 Å². The van der Waals surface area contributed by atoms with Gasteiger partial charge in [-0.15, -0.1) is 0 Å². The molecule has 96 valence electrons. The zero-order chi connectivity index (χ0) is 13.3. The number of nitrogens with two attached hydrogens (primary N) is 1. The molecule has 18 heavy (non-hydrogen) atoms. The standard InChI is InChI=1S/C14H17ClN2O/c1-8(2)9(3)13-12(14(16)18-17-13)10-6-4-5-7-11(10)15/h4-9H,16H2,1-3H3. The molecule has 0 aliphatic rings. The van der Waals surface area contributed by atoms with Gasteiger partial charge in [-0.05, 0) is 12.0 Å². The van der Waals surface area contributed by atoms with Crippen molar-refractivity contribution >= 4 is 17.5 Å². The van der Waals surface area contributed by atoms with Gasteiger partial charge >= 0.3 is 0 Å². The van der Waals surface area contributed by atoms with Crippen molar-refractivity contribution in [3.05, 3.63) is 35.0 Å². The van der Waals surface area contributed by atoms with Crippen LogP contribution in [0.5, 0.6) is 0 Å². The summed E-state index contributed by atoms with van der Waals surface area (Å²) in [6, 6.07) is 7.59. The lowest BCUT2D eigenvalue weighted by atomic mass is 9.90. The summed E-state index contributed by atoms with van der Waals surface area (Å²) in [5, 5.41) is 4.75. The summed E-state index contributed by atoms with van der Waals surface area (Å²) < 4.78 is 5.15. The maximum Gasteiger partial charge on any atom is 0.230 e. The lowest BCUT2D eigenvalue weighted by Crippen LogP contribution is -2.04. The van der Waals surface area contributed by atoms with Gasteiger partial charge in [0.25, 0.3) is 0 Å². The van der Waals surface area contributed by atoms with E-state index < -0.39 is 0 Å². The van der Waals surface area contributed by atoms with Crippen LogP contribution in [0.15, 0.2) is 28.8 Å². The van der Waals surface area contributed by atoms with Crippen molar-refractivity contribution in [3.63, 3.8) is 0 Å². The number of aromatic nitrogens is 1. The third-order valence-corrected chi connectivity index (χ3v) is 3.65. The Labute approximate surface area is 112 Å². The van der Waals surface area contributed by atoms with Gasteiger partial charge in [-0.1, -0.05) is 55.7 Å². The first-order chi connectivity index (χ1) is 8.52. The Bertz CT molecular complexity index is 548. The first-order valence-corrected chi connectivity index (χ1v) is 6.40. The topological polar surface area (TPSA) is 52.0 Å². The Hall–Kier alpha value is -1.48. The minimum absolute atomic E-state index is 0.261. The number of hydrogen-bond acceptors (Lipinski definition) is 3. The minimum Gasteiger partial charge on any atom is -0.367 e. The second kappa shape index (κ2) is 5.02. The number of hydrogen-bond donors (Lipinski definition) is 1. The lowest BCUT2D eigenvalue weighted by Gasteiger charge is -2.14. The van der Waals surface area contributed by atoms with Crippen LogP contribution in [0.4, 0.5) is 5.88 Å². The smallest absolute Gasteiger partial charge is 0.230 e. The van der Waals surface area contributed by atoms with E-state index in [9.17, 15) is 0 Å². The molecule has 0 fully saturated rings. The van der Waals surface area contributed by atoms with Crippen LogP contribution in [0.1, 0.15) is 32.4 Å². The second-order valence-electron chi connectivity index (χ2n) is 4.82. The van der Waals surface area contributed by atoms with Gasteiger partial charge in [-0.25, -0.2) is 0 Å². The summed E-state index contributed by atoms with van der Waals surface area (Å²) >= 11 is 6.22. The molecule has 4 heteroatoms. The molecule has 1 heterocycles. The Kier molecular flexibility index (Phi) is 3.62. The van der Waals surface area contributed by atoms with E-state index in [4.69, 9.17) is 21.9 Å². The molecule has 0 spiro atoms. The third kappa shape index (κ3) is 2.23. The summed E-state index contributed by atoms with van der Waals surface area (Å²) in [5.41, 5.74) is 8.46. The number of anilines is 1. The van der Waals surface area contributed by atoms with Gasteiger partial charge in [0.15, 0.2) is 0 Å². The van der Waals surface area contributed by atoms with Gasteiger partial charge in [0.1, 0.15) is 0 Å². The molecule has 1 unspecified atom stereocenters. The Morgan fingerprint density at radius 2 is 1.89 bits per heavy atom. The Balaban J connectivity index is 2.58. The number of rotatable bonds is 3. The van der Waals surface area contributed by atoms with Crippen LogP contribution in [0, 0.1) is 5.92 Å². The molecule has 0 aliphatic carbocycles. The maximum atomic E-state index is 6.22. The minimum atomic E-state index is 0.261. The van der Waals surface area contributed by atoms with Gasteiger partial charge in [0.05, 0.1) is 11.3 Å². The van der Waals surface area contributed by atoms with E-state index in [0.717, 1.165) is 16.8 Å². The zero-order valence-electron chi connectivity index (χ0n) is 10.8. The fourth-order valence-electron chi connectivity index (χ4n) is 1.88. The van der Waals surface area contributed by atoms with Crippen molar-refractivity contribution in [2.45, 2.75) is 26.7 Å². The fraction of sp³-hybridized carbons (Fsp3) is 0.357. The maximum absolute atomic E-state index is 6.22. The van der Waals surface area contributed by atoms with Crippen molar-refractivity contribution in [1.82, 2.24) is 5.16 Å². The molecule has 2 N–H and O–H groups in total. The zero-order valence-corrected chi connectivity index (χ0v) is 11.5. The lowest BCUT2D eigenvalue weighted by molar-refractivity contribution is 0.407. The van der Waals surface area contributed by atoms with Crippen molar-refractivity contribution in [3.8, 4) is 11.1 Å². The number of benzene rings is 1. The quantitative estimate of drug-likeness (QED) is 0.897. The van der Waals surface area contributed by atoms with Crippen LogP contribution in [0.2, 0.25) is 5.02 Å². The number of halogens is 1. The van der Waals surface area contributed by atoms with Crippen molar-refractivity contribution < 1.29 is 4.52 Å². The van der Waals surface area contributed by atoms with Crippen molar-refractivity contribution in [1.29, 1.82) is 0 Å². The molecule has 0 aliphatic heterocycles. The van der Waals surface area contributed by atoms with Crippen molar-refractivity contribution in [2.75, 3.05) is 5.73 Å². The van der Waals surface area contributed by atoms with Crippen LogP contribution in [-0.4, -0.2) is 5.16 Å². The van der Waals surface area contributed by atoms with Crippen LogP contribution >= 0.6 is 11.6 Å². The van der Waals surface area contributed by atoms with Crippen LogP contribution in [-0.2, 0) is 0 Å². The highest BCUT2D eigenvalue weighted by molar-refractivity contribution is 6.33. The monoisotopic (exact) mass is 264 g/mol. The van der Waals surface area contributed by atoms with Gasteiger partial charge in [0.2, 0.25) is 5.88 Å². The normalized spacial score (nSPS) is 12.9. The van der Waals surface area contributed by atoms with Crippen LogP contribution in [0.3, 0.4) is 0 Å². The highest BCUT2D eigenvalue weighted by Crippen LogP contribution is 2.39. The average Bonchev–Trinajstić information content (AvgIpc) is 2.71. The molecular formula is C14H17ClN2O. The van der Waals surface area contributed by atoms with Crippen LogP contribution < -0.4 is 5.73 Å². The van der Waals surface area contributed by atoms with Crippen LogP contribution in [0.25, 0.3) is 11.1 Å². The van der Waals surface area contributed by atoms with E-state index >= 15 is 0 Å². The van der Waals surface area contributed by atoms with Gasteiger partial charge < -0.3 is 10.3 Å². The predicted molar refractivity (Wildman–Crippen MR) is 74.6 cm³/mol. The van der Waals surface area contributed by atoms with E-state index in [1.807, 2.05) is 24.3 Å². The molecule has 0 saturated heterocycles. The second-order valence-corrected chi connectivity index (χ2v) is 5.23. The summed E-state index contributed by atoms with van der Waals surface area (Å²) in [4.78, 5) is 0. The third-order valence-electron chi connectivity index (χ3n) is 3.32. The molecule has 1 aromatic carbocycles. The van der Waals surface area contributed by atoms with E-state index in [-0.39, 0.29) is 5.92 Å². The first-order valence-electron chi connectivity index (χ1n) is 6.02. The number of nitrogens with zero attached hydrogens (tertiary/aromatic N) is 1. The highest BCUT2D eigenvalue weighted by Gasteiger charge is 2.23. The van der Waals surface area contributed by atoms with E-state index in [2.05, 4.69) is 25.9 Å². The van der Waals surface area contributed by atoms with Gasteiger partial charge in [0, 0.05) is 16.5 Å². The largest absolute Gasteiger partial charge is 0.367 e. The SMILES string of the molecule is CC(C)C(C)c1noc(N)c1-c1ccccc1Cl. The summed E-state index contributed by atoms with van der Waals surface area (Å²) in [6.45, 7) is 6.40. The fourth-order valence-corrected chi connectivity index (χ4v) is 2.11. The Morgan fingerprint density at radius 3 is 2.50 bits per heavy atom. The molecule has 1 atom stereocenters. The summed E-state index contributed by atoms with van der Waals surface area (Å²) in [7, 11) is 0. The van der Waals surface area contributed by atoms with Gasteiger partial charge in [-0.2, -0.15) is 0 Å². The molecule has 0 saturated carbocycles.